The number of hydrogen-bond acceptors (Lipinski definition) is 5. The Hall–Kier alpha value is -0.200. The molecule has 186 valence electrons. The van der Waals surface area contributed by atoms with Gasteiger partial charge in [0.15, 0.2) is 0 Å². The molecule has 3 rings (SSSR count). The van der Waals surface area contributed by atoms with Gasteiger partial charge in [-0.15, -0.1) is 0 Å². The van der Waals surface area contributed by atoms with Gasteiger partial charge in [-0.2, -0.15) is 0 Å². The highest BCUT2D eigenvalue weighted by Gasteiger charge is 2.22. The highest BCUT2D eigenvalue weighted by Crippen LogP contribution is 2.15. The third-order valence-corrected chi connectivity index (χ3v) is 7.06. The Labute approximate surface area is 196 Å². The van der Waals surface area contributed by atoms with Crippen molar-refractivity contribution in [3.8, 4) is 0 Å². The van der Waals surface area contributed by atoms with Crippen molar-refractivity contribution in [2.24, 2.45) is 0 Å². The van der Waals surface area contributed by atoms with Crippen LogP contribution in [0.4, 0.5) is 0 Å². The van der Waals surface area contributed by atoms with E-state index in [0.29, 0.717) is 5.54 Å². The molecule has 3 aliphatic heterocycles. The van der Waals surface area contributed by atoms with Crippen LogP contribution in [0.15, 0.2) is 0 Å². The molecule has 0 radical (unpaired) electrons. The summed E-state index contributed by atoms with van der Waals surface area (Å²) in [5.74, 6) is 0. The second-order valence-corrected chi connectivity index (χ2v) is 11.4. The summed E-state index contributed by atoms with van der Waals surface area (Å²) in [7, 11) is 4.41. The average Bonchev–Trinajstić information content (AvgIpc) is 2.94. The van der Waals surface area contributed by atoms with Gasteiger partial charge < -0.3 is 14.7 Å². The number of likely N-dealkylation sites (N-methyl/N-ethyl adjacent to an activating group) is 2. The largest absolute Gasteiger partial charge is 0.305 e. The molecule has 3 heterocycles. The Morgan fingerprint density at radius 1 is 0.484 bits per heavy atom. The summed E-state index contributed by atoms with van der Waals surface area (Å²) in [5, 5.41) is 0. The Morgan fingerprint density at radius 2 is 0.935 bits per heavy atom. The normalized spacial score (nSPS) is 23.7. The van der Waals surface area contributed by atoms with Gasteiger partial charge in [0.2, 0.25) is 0 Å². The lowest BCUT2D eigenvalue weighted by Gasteiger charge is -2.34. The number of likely N-dealkylation sites (tertiary alicyclic amines) is 1. The Balaban J connectivity index is 0.000000235. The van der Waals surface area contributed by atoms with E-state index in [1.54, 1.807) is 0 Å². The number of nitrogens with zero attached hydrogens (tertiary/aromatic N) is 5. The summed E-state index contributed by atoms with van der Waals surface area (Å²) in [6.45, 7) is 28.6. The molecule has 5 nitrogen and oxygen atoms in total. The van der Waals surface area contributed by atoms with Crippen molar-refractivity contribution in [1.29, 1.82) is 0 Å². The van der Waals surface area contributed by atoms with E-state index < -0.39 is 0 Å². The molecule has 3 fully saturated rings. The van der Waals surface area contributed by atoms with Crippen molar-refractivity contribution in [3.05, 3.63) is 0 Å². The van der Waals surface area contributed by atoms with Gasteiger partial charge in [0, 0.05) is 56.9 Å². The van der Waals surface area contributed by atoms with E-state index in [2.05, 4.69) is 87.1 Å². The highest BCUT2D eigenvalue weighted by atomic mass is 15.3. The molecule has 0 N–H and O–H groups in total. The maximum absolute atomic E-state index is 2.58. The maximum Gasteiger partial charge on any atom is 0.0125 e. The lowest BCUT2D eigenvalue weighted by Crippen LogP contribution is -2.47. The van der Waals surface area contributed by atoms with E-state index >= 15 is 0 Å². The molecule has 0 aliphatic carbocycles. The second kappa shape index (κ2) is 14.8. The average molecular weight is 440 g/mol. The van der Waals surface area contributed by atoms with E-state index in [4.69, 9.17) is 0 Å². The van der Waals surface area contributed by atoms with Crippen molar-refractivity contribution in [2.75, 3.05) is 79.5 Å². The molecule has 0 aromatic carbocycles. The number of rotatable bonds is 2. The van der Waals surface area contributed by atoms with Crippen LogP contribution in [0.25, 0.3) is 0 Å². The smallest absolute Gasteiger partial charge is 0.0125 e. The third kappa shape index (κ3) is 12.6. The summed E-state index contributed by atoms with van der Waals surface area (Å²) >= 11 is 0. The number of piperazine rings is 1. The van der Waals surface area contributed by atoms with E-state index in [9.17, 15) is 0 Å². The summed E-state index contributed by atoms with van der Waals surface area (Å²) < 4.78 is 0. The monoisotopic (exact) mass is 439 g/mol. The van der Waals surface area contributed by atoms with E-state index in [-0.39, 0.29) is 0 Å². The quantitative estimate of drug-likeness (QED) is 0.646. The molecular formula is C26H57N5. The van der Waals surface area contributed by atoms with E-state index in [1.165, 1.54) is 91.1 Å². The standard InChI is InChI=1S/C10H22N2.C8H18N2.C8H17N/c1-10(2,3)12-7-5-6-11(4)8-9-12;1-8(2)10-6-4-9(3)5-7-10;1-8(2)9-6-4-3-5-7-9/h5-9H2,1-4H3;8H,4-7H2,1-3H3;8H,3-7H2,1-2H3. The molecule has 0 aromatic rings. The van der Waals surface area contributed by atoms with Crippen LogP contribution >= 0.6 is 0 Å². The number of piperidine rings is 1. The predicted octanol–water partition coefficient (Wildman–Crippen LogP) is 3.95. The minimum atomic E-state index is 0.352. The lowest BCUT2D eigenvalue weighted by molar-refractivity contribution is 0.126. The van der Waals surface area contributed by atoms with Gasteiger partial charge in [-0.05, 0) is 108 Å². The zero-order valence-electron chi connectivity index (χ0n) is 22.8. The molecule has 0 spiro atoms. The molecule has 5 heteroatoms. The van der Waals surface area contributed by atoms with Crippen LogP contribution in [-0.2, 0) is 0 Å². The first-order valence-electron chi connectivity index (χ1n) is 13.1. The van der Waals surface area contributed by atoms with Crippen LogP contribution in [0.2, 0.25) is 0 Å². The van der Waals surface area contributed by atoms with Crippen LogP contribution in [0.3, 0.4) is 0 Å². The Morgan fingerprint density at radius 3 is 1.39 bits per heavy atom. The fraction of sp³-hybridized carbons (Fsp3) is 1.00. The SMILES string of the molecule is CC(C)N1CCCCC1.CC(C)N1CCN(C)CC1.CN1CCCN(C(C)(C)C)CC1. The van der Waals surface area contributed by atoms with Crippen LogP contribution in [0.5, 0.6) is 0 Å². The fourth-order valence-electron chi connectivity index (χ4n) is 4.49. The Kier molecular flexibility index (Phi) is 13.8. The molecule has 0 atom stereocenters. The van der Waals surface area contributed by atoms with Crippen molar-refractivity contribution >= 4 is 0 Å². The topological polar surface area (TPSA) is 16.2 Å². The first-order valence-corrected chi connectivity index (χ1v) is 13.1. The molecule has 3 aliphatic rings. The second-order valence-electron chi connectivity index (χ2n) is 11.4. The lowest BCUT2D eigenvalue weighted by atomic mass is 10.1. The first kappa shape index (κ1) is 28.8. The first-order chi connectivity index (χ1) is 14.5. The highest BCUT2D eigenvalue weighted by molar-refractivity contribution is 4.79. The molecule has 0 aromatic heterocycles. The van der Waals surface area contributed by atoms with Gasteiger partial charge >= 0.3 is 0 Å². The van der Waals surface area contributed by atoms with Gasteiger partial charge in [0.1, 0.15) is 0 Å². The minimum absolute atomic E-state index is 0.352. The van der Waals surface area contributed by atoms with Crippen molar-refractivity contribution in [3.63, 3.8) is 0 Å². The van der Waals surface area contributed by atoms with Gasteiger partial charge in [-0.3, -0.25) is 9.80 Å². The van der Waals surface area contributed by atoms with Gasteiger partial charge in [0.25, 0.3) is 0 Å². The molecule has 3 saturated heterocycles. The predicted molar refractivity (Wildman–Crippen MR) is 138 cm³/mol. The van der Waals surface area contributed by atoms with Gasteiger partial charge in [-0.1, -0.05) is 6.42 Å². The molecule has 0 saturated carbocycles. The van der Waals surface area contributed by atoms with Crippen LogP contribution in [0.1, 0.15) is 74.1 Å². The molecule has 0 amide bonds. The van der Waals surface area contributed by atoms with E-state index in [0.717, 1.165) is 12.1 Å². The summed E-state index contributed by atoms with van der Waals surface area (Å²) in [4.78, 5) is 12.5. The summed E-state index contributed by atoms with van der Waals surface area (Å²) in [6, 6.07) is 1.50. The van der Waals surface area contributed by atoms with E-state index in [1.807, 2.05) is 0 Å². The van der Waals surface area contributed by atoms with Gasteiger partial charge in [0.05, 0.1) is 0 Å². The van der Waals surface area contributed by atoms with Crippen LogP contribution in [-0.4, -0.2) is 122 Å². The molecule has 0 bridgehead atoms. The zero-order valence-corrected chi connectivity index (χ0v) is 22.8. The van der Waals surface area contributed by atoms with Crippen molar-refractivity contribution in [1.82, 2.24) is 24.5 Å². The third-order valence-electron chi connectivity index (χ3n) is 7.06. The van der Waals surface area contributed by atoms with Gasteiger partial charge in [-0.25, -0.2) is 0 Å². The minimum Gasteiger partial charge on any atom is -0.305 e. The van der Waals surface area contributed by atoms with Crippen molar-refractivity contribution in [2.45, 2.75) is 91.8 Å². The maximum atomic E-state index is 2.58. The summed E-state index contributed by atoms with van der Waals surface area (Å²) in [5.41, 5.74) is 0.352. The molecule has 0 unspecified atom stereocenters. The summed E-state index contributed by atoms with van der Waals surface area (Å²) in [6.07, 6.45) is 5.59. The zero-order chi connectivity index (χ0) is 23.4. The molecule has 31 heavy (non-hydrogen) atoms. The molecular weight excluding hydrogens is 382 g/mol. The van der Waals surface area contributed by atoms with Crippen molar-refractivity contribution < 1.29 is 0 Å². The Bertz CT molecular complexity index is 432. The van der Waals surface area contributed by atoms with Crippen LogP contribution in [0, 0.1) is 0 Å². The van der Waals surface area contributed by atoms with Crippen LogP contribution < -0.4 is 0 Å². The fourth-order valence-corrected chi connectivity index (χ4v) is 4.49. The number of hydrogen-bond donors (Lipinski definition) is 0.